The molecule has 17 nitrogen and oxygen atoms in total. The number of hydrogen-bond donors (Lipinski definition) is 3. The SMILES string of the molecule is CCCCCCCC(=O)OC[C@H](COP(=O)(O)OC[C@H](O)COP(=O)(O)OC[C@@H](COC(=O)CCCCCCCCCCCCCCCCCCC(C)C)OC(=O)CCCCCCCCCCCCCCCCCCCCC(C)CC)OC(=O)CCCCCCCCC(C)C. The van der Waals surface area contributed by atoms with Crippen molar-refractivity contribution < 1.29 is 80.2 Å². The smallest absolute Gasteiger partial charge is 0.462 e. The highest BCUT2D eigenvalue weighted by Crippen LogP contribution is 2.45. The number of carbonyl (C=O) groups excluding carboxylic acids is 4. The van der Waals surface area contributed by atoms with Gasteiger partial charge in [-0.1, -0.05) is 337 Å². The van der Waals surface area contributed by atoms with Gasteiger partial charge in [-0.15, -0.1) is 0 Å². The van der Waals surface area contributed by atoms with Crippen molar-refractivity contribution >= 4 is 39.5 Å². The summed E-state index contributed by atoms with van der Waals surface area (Å²) >= 11 is 0. The summed E-state index contributed by atoms with van der Waals surface area (Å²) in [5.74, 6) is 0.218. The summed E-state index contributed by atoms with van der Waals surface area (Å²) in [6.45, 7) is 11.8. The number of carbonyl (C=O) groups is 4. The van der Waals surface area contributed by atoms with Gasteiger partial charge in [0, 0.05) is 25.7 Å². The molecule has 3 unspecified atom stereocenters. The molecule has 95 heavy (non-hydrogen) atoms. The van der Waals surface area contributed by atoms with E-state index < -0.39 is 97.5 Å². The molecule has 19 heteroatoms. The van der Waals surface area contributed by atoms with Gasteiger partial charge in [-0.05, 0) is 43.4 Å². The summed E-state index contributed by atoms with van der Waals surface area (Å²) in [5, 5.41) is 10.6. The first-order valence-electron chi connectivity index (χ1n) is 39.4. The summed E-state index contributed by atoms with van der Waals surface area (Å²) in [6, 6.07) is 0. The Morgan fingerprint density at radius 2 is 0.537 bits per heavy atom. The minimum absolute atomic E-state index is 0.101. The van der Waals surface area contributed by atoms with Crippen LogP contribution in [0.5, 0.6) is 0 Å². The Morgan fingerprint density at radius 3 is 0.800 bits per heavy atom. The van der Waals surface area contributed by atoms with Crippen molar-refractivity contribution in [1.29, 1.82) is 0 Å². The van der Waals surface area contributed by atoms with E-state index in [0.29, 0.717) is 31.6 Å². The number of aliphatic hydroxyl groups is 1. The van der Waals surface area contributed by atoms with Gasteiger partial charge in [0.1, 0.15) is 19.3 Å². The Kier molecular flexibility index (Phi) is 65.2. The highest BCUT2D eigenvalue weighted by molar-refractivity contribution is 7.47. The topological polar surface area (TPSA) is 237 Å². The fourth-order valence-corrected chi connectivity index (χ4v) is 13.1. The van der Waals surface area contributed by atoms with Crippen molar-refractivity contribution in [2.75, 3.05) is 39.6 Å². The Hall–Kier alpha value is -1.94. The second-order valence-corrected chi connectivity index (χ2v) is 31.5. The third-order valence-corrected chi connectivity index (χ3v) is 19.9. The molecule has 0 heterocycles. The van der Waals surface area contributed by atoms with Crippen LogP contribution in [0.15, 0.2) is 0 Å². The summed E-state index contributed by atoms with van der Waals surface area (Å²) in [4.78, 5) is 72.4. The first-order chi connectivity index (χ1) is 45.8. The molecule has 0 aliphatic carbocycles. The van der Waals surface area contributed by atoms with Gasteiger partial charge in [0.2, 0.25) is 0 Å². The standard InChI is InChI=1S/C76H148O17P2/c1-8-10-11-40-50-57-73(78)86-63-71(93-76(81)60-53-46-39-38-42-48-55-68(5)6)65-90-94(82,83)88-61-70(77)62-89-95(84,85)91-66-72(64-87-74(79)58-51-44-36-32-28-24-20-17-16-18-22-26-30-34-41-47-54-67(3)4)92-75(80)59-52-45-37-33-29-25-21-15-13-12-14-19-23-27-31-35-43-49-56-69(7)9-2/h67-72,77H,8-66H2,1-7H3,(H,82,83)(H,84,85)/t69?,70-,71+,72+/m0/s1. The zero-order valence-corrected chi connectivity index (χ0v) is 63.9. The first kappa shape index (κ1) is 93.1. The van der Waals surface area contributed by atoms with Crippen molar-refractivity contribution in [2.24, 2.45) is 17.8 Å². The Balaban J connectivity index is 5.09. The third kappa shape index (κ3) is 69.0. The summed E-state index contributed by atoms with van der Waals surface area (Å²) in [6.07, 6.45) is 53.5. The number of hydrogen-bond acceptors (Lipinski definition) is 15. The molecule has 0 aromatic rings. The highest BCUT2D eigenvalue weighted by atomic mass is 31.2. The molecule has 564 valence electrons. The van der Waals surface area contributed by atoms with E-state index in [-0.39, 0.29) is 25.7 Å². The zero-order chi connectivity index (χ0) is 70.1. The largest absolute Gasteiger partial charge is 0.472 e. The first-order valence-corrected chi connectivity index (χ1v) is 42.4. The maximum absolute atomic E-state index is 13.1. The predicted octanol–water partition coefficient (Wildman–Crippen LogP) is 22.2. The lowest BCUT2D eigenvalue weighted by atomic mass is 9.99. The van der Waals surface area contributed by atoms with Crippen LogP contribution in [-0.2, 0) is 65.4 Å². The molecule has 0 rings (SSSR count). The highest BCUT2D eigenvalue weighted by Gasteiger charge is 2.30. The number of ether oxygens (including phenoxy) is 4. The lowest BCUT2D eigenvalue weighted by Gasteiger charge is -2.21. The van der Waals surface area contributed by atoms with Gasteiger partial charge < -0.3 is 33.8 Å². The van der Waals surface area contributed by atoms with Crippen LogP contribution in [0.4, 0.5) is 0 Å². The second-order valence-electron chi connectivity index (χ2n) is 28.6. The molecule has 0 saturated carbocycles. The zero-order valence-electron chi connectivity index (χ0n) is 62.1. The quantitative estimate of drug-likeness (QED) is 0.0222. The van der Waals surface area contributed by atoms with Crippen LogP contribution in [0.1, 0.15) is 389 Å². The van der Waals surface area contributed by atoms with Crippen molar-refractivity contribution in [3.8, 4) is 0 Å². The minimum Gasteiger partial charge on any atom is -0.462 e. The number of aliphatic hydroxyl groups excluding tert-OH is 1. The Morgan fingerprint density at radius 1 is 0.305 bits per heavy atom. The van der Waals surface area contributed by atoms with Gasteiger partial charge in [0.15, 0.2) is 12.2 Å². The fourth-order valence-electron chi connectivity index (χ4n) is 11.6. The molecule has 0 fully saturated rings. The maximum atomic E-state index is 13.1. The molecular weight excluding hydrogens is 1250 g/mol. The average molecular weight is 1400 g/mol. The van der Waals surface area contributed by atoms with Crippen LogP contribution in [0.3, 0.4) is 0 Å². The van der Waals surface area contributed by atoms with Crippen LogP contribution in [0, 0.1) is 17.8 Å². The van der Waals surface area contributed by atoms with Crippen LogP contribution >= 0.6 is 15.6 Å². The molecule has 0 aromatic heterocycles. The van der Waals surface area contributed by atoms with Gasteiger partial charge in [0.05, 0.1) is 26.4 Å². The van der Waals surface area contributed by atoms with Crippen LogP contribution in [0.25, 0.3) is 0 Å². The summed E-state index contributed by atoms with van der Waals surface area (Å²) in [5.41, 5.74) is 0. The van der Waals surface area contributed by atoms with Crippen molar-refractivity contribution in [3.05, 3.63) is 0 Å². The molecule has 0 saturated heterocycles. The van der Waals surface area contributed by atoms with Gasteiger partial charge >= 0.3 is 39.5 Å². The number of phosphoric ester groups is 2. The Bertz CT molecular complexity index is 1850. The van der Waals surface area contributed by atoms with E-state index in [9.17, 15) is 43.2 Å². The van der Waals surface area contributed by atoms with Crippen LogP contribution in [0.2, 0.25) is 0 Å². The van der Waals surface area contributed by atoms with E-state index >= 15 is 0 Å². The van der Waals surface area contributed by atoms with Crippen LogP contribution < -0.4 is 0 Å². The average Bonchev–Trinajstić information content (AvgIpc) is 1.76. The van der Waals surface area contributed by atoms with E-state index in [0.717, 1.165) is 108 Å². The normalized spacial score (nSPS) is 14.4. The molecule has 0 spiro atoms. The molecule has 0 radical (unpaired) electrons. The second kappa shape index (κ2) is 66.6. The molecule has 0 bridgehead atoms. The molecule has 3 N–H and O–H groups in total. The van der Waals surface area contributed by atoms with Gasteiger partial charge in [-0.25, -0.2) is 9.13 Å². The number of esters is 4. The minimum atomic E-state index is -4.96. The van der Waals surface area contributed by atoms with E-state index in [1.165, 1.54) is 193 Å². The third-order valence-electron chi connectivity index (χ3n) is 18.0. The van der Waals surface area contributed by atoms with Crippen molar-refractivity contribution in [1.82, 2.24) is 0 Å². The van der Waals surface area contributed by atoms with Gasteiger partial charge in [0.25, 0.3) is 0 Å². The van der Waals surface area contributed by atoms with E-state index in [2.05, 4.69) is 48.5 Å². The molecule has 6 atom stereocenters. The van der Waals surface area contributed by atoms with Crippen molar-refractivity contribution in [2.45, 2.75) is 407 Å². The Labute approximate surface area is 581 Å². The molecular formula is C76H148O17P2. The molecule has 0 aliphatic heterocycles. The lowest BCUT2D eigenvalue weighted by molar-refractivity contribution is -0.161. The predicted molar refractivity (Wildman–Crippen MR) is 386 cm³/mol. The number of rotatable bonds is 74. The van der Waals surface area contributed by atoms with Gasteiger partial charge in [-0.3, -0.25) is 37.3 Å². The van der Waals surface area contributed by atoms with Crippen LogP contribution in [-0.4, -0.2) is 96.7 Å². The molecule has 0 amide bonds. The monoisotopic (exact) mass is 1400 g/mol. The molecule has 0 aromatic carbocycles. The maximum Gasteiger partial charge on any atom is 0.472 e. The number of phosphoric acid groups is 2. The van der Waals surface area contributed by atoms with E-state index in [4.69, 9.17) is 37.0 Å². The summed E-state index contributed by atoms with van der Waals surface area (Å²) < 4.78 is 68.2. The molecule has 0 aliphatic rings. The van der Waals surface area contributed by atoms with E-state index in [1.807, 2.05) is 0 Å². The summed E-state index contributed by atoms with van der Waals surface area (Å²) in [7, 11) is -9.90. The number of unbranched alkanes of at least 4 members (excludes halogenated alkanes) is 41. The van der Waals surface area contributed by atoms with Gasteiger partial charge in [-0.2, -0.15) is 0 Å². The van der Waals surface area contributed by atoms with E-state index in [1.54, 1.807) is 0 Å². The lowest BCUT2D eigenvalue weighted by Crippen LogP contribution is -2.30. The fraction of sp³-hybridized carbons (Fsp3) is 0.947. The van der Waals surface area contributed by atoms with Crippen molar-refractivity contribution in [3.63, 3.8) is 0 Å².